The van der Waals surface area contributed by atoms with Crippen molar-refractivity contribution < 1.29 is 0 Å². The summed E-state index contributed by atoms with van der Waals surface area (Å²) < 4.78 is 0. The first kappa shape index (κ1) is 11.7. The average Bonchev–Trinajstić information content (AvgIpc) is 2.86. The van der Waals surface area contributed by atoms with Crippen molar-refractivity contribution in [3.05, 3.63) is 21.9 Å². The van der Waals surface area contributed by atoms with Crippen LogP contribution in [0.25, 0.3) is 0 Å². The second-order valence-corrected chi connectivity index (χ2v) is 6.30. The van der Waals surface area contributed by atoms with E-state index < -0.39 is 0 Å². The van der Waals surface area contributed by atoms with Crippen molar-refractivity contribution in [3.63, 3.8) is 0 Å². The highest BCUT2D eigenvalue weighted by atomic mass is 32.1. The minimum Gasteiger partial charge on any atom is -0.313 e. The minimum atomic E-state index is 0.619. The molecule has 2 aliphatic rings. The van der Waals surface area contributed by atoms with Gasteiger partial charge in [-0.05, 0) is 55.7 Å². The van der Waals surface area contributed by atoms with Gasteiger partial charge in [0, 0.05) is 23.5 Å². The fourth-order valence-corrected chi connectivity index (χ4v) is 4.07. The molecule has 3 rings (SSSR count). The van der Waals surface area contributed by atoms with Gasteiger partial charge in [-0.2, -0.15) is 0 Å². The molecule has 1 saturated heterocycles. The quantitative estimate of drug-likeness (QED) is 0.862. The van der Waals surface area contributed by atoms with E-state index >= 15 is 0 Å². The van der Waals surface area contributed by atoms with Crippen molar-refractivity contribution in [2.24, 2.45) is 0 Å². The van der Waals surface area contributed by atoms with E-state index in [1.807, 2.05) is 11.3 Å². The highest BCUT2D eigenvalue weighted by Crippen LogP contribution is 2.33. The van der Waals surface area contributed by atoms with Crippen LogP contribution in [-0.2, 0) is 6.42 Å². The Labute approximate surface area is 108 Å². The Bertz CT molecular complexity index is 355. The Balaban J connectivity index is 1.56. The first-order chi connectivity index (χ1) is 8.43. The largest absolute Gasteiger partial charge is 0.313 e. The summed E-state index contributed by atoms with van der Waals surface area (Å²) in [6, 6.07) is 3.65. The molecule has 0 amide bonds. The molecule has 2 N–H and O–H groups in total. The zero-order valence-corrected chi connectivity index (χ0v) is 11.2. The summed E-state index contributed by atoms with van der Waals surface area (Å²) in [5.41, 5.74) is 1.58. The Morgan fingerprint density at radius 1 is 1.29 bits per heavy atom. The topological polar surface area (TPSA) is 24.1 Å². The van der Waals surface area contributed by atoms with Gasteiger partial charge in [0.25, 0.3) is 0 Å². The van der Waals surface area contributed by atoms with Crippen molar-refractivity contribution in [2.45, 2.75) is 50.6 Å². The lowest BCUT2D eigenvalue weighted by atomic mass is 9.93. The van der Waals surface area contributed by atoms with Crippen LogP contribution in [0, 0.1) is 0 Å². The Hall–Kier alpha value is -0.380. The van der Waals surface area contributed by atoms with Gasteiger partial charge >= 0.3 is 0 Å². The summed E-state index contributed by atoms with van der Waals surface area (Å²) in [5.74, 6) is 0. The van der Waals surface area contributed by atoms with E-state index in [1.165, 1.54) is 45.1 Å². The lowest BCUT2D eigenvalue weighted by Gasteiger charge is -2.28. The van der Waals surface area contributed by atoms with Crippen LogP contribution in [0.1, 0.15) is 48.6 Å². The van der Waals surface area contributed by atoms with Gasteiger partial charge in [-0.3, -0.25) is 0 Å². The predicted molar refractivity (Wildman–Crippen MR) is 73.6 cm³/mol. The number of hydrogen-bond donors (Lipinski definition) is 2. The van der Waals surface area contributed by atoms with Gasteiger partial charge in [0.15, 0.2) is 0 Å². The molecule has 1 aromatic heterocycles. The third-order valence-corrected chi connectivity index (χ3v) is 5.07. The van der Waals surface area contributed by atoms with Gasteiger partial charge < -0.3 is 10.6 Å². The van der Waals surface area contributed by atoms with Crippen molar-refractivity contribution in [2.75, 3.05) is 13.1 Å². The molecular formula is C14H22N2S. The van der Waals surface area contributed by atoms with Crippen molar-refractivity contribution in [1.82, 2.24) is 10.6 Å². The maximum Gasteiger partial charge on any atom is 0.0332 e. The third-order valence-electron chi connectivity index (χ3n) is 4.07. The normalized spacial score (nSPS) is 28.9. The summed E-state index contributed by atoms with van der Waals surface area (Å²) in [5, 5.41) is 9.65. The van der Waals surface area contributed by atoms with Crippen molar-refractivity contribution in [1.29, 1.82) is 0 Å². The standard InChI is InChI=1S/C14H22N2S/c1-2-8-15-11(4-1)10-16-13-5-3-6-14-12(13)7-9-17-14/h7,9,11,13,15-16H,1-6,8,10H2. The van der Waals surface area contributed by atoms with Gasteiger partial charge in [-0.1, -0.05) is 6.42 Å². The van der Waals surface area contributed by atoms with E-state index in [2.05, 4.69) is 22.1 Å². The van der Waals surface area contributed by atoms with Gasteiger partial charge in [0.05, 0.1) is 0 Å². The second-order valence-electron chi connectivity index (χ2n) is 5.30. The fourth-order valence-electron chi connectivity index (χ4n) is 3.08. The molecule has 0 radical (unpaired) electrons. The minimum absolute atomic E-state index is 0.619. The summed E-state index contributed by atoms with van der Waals surface area (Å²) in [7, 11) is 0. The summed E-state index contributed by atoms with van der Waals surface area (Å²) >= 11 is 1.93. The first-order valence-electron chi connectivity index (χ1n) is 6.96. The Morgan fingerprint density at radius 3 is 3.18 bits per heavy atom. The summed E-state index contributed by atoms with van der Waals surface area (Å²) in [4.78, 5) is 1.62. The van der Waals surface area contributed by atoms with Crippen LogP contribution in [-0.4, -0.2) is 19.1 Å². The molecule has 1 aromatic rings. The number of fused-ring (bicyclic) bond motifs is 1. The van der Waals surface area contributed by atoms with Gasteiger partial charge in [-0.15, -0.1) is 11.3 Å². The van der Waals surface area contributed by atoms with Crippen LogP contribution < -0.4 is 10.6 Å². The van der Waals surface area contributed by atoms with Gasteiger partial charge in [-0.25, -0.2) is 0 Å². The molecular weight excluding hydrogens is 228 g/mol. The van der Waals surface area contributed by atoms with Gasteiger partial charge in [0.1, 0.15) is 0 Å². The van der Waals surface area contributed by atoms with Crippen molar-refractivity contribution in [3.8, 4) is 0 Å². The van der Waals surface area contributed by atoms with E-state index in [-0.39, 0.29) is 0 Å². The Kier molecular flexibility index (Phi) is 3.79. The van der Waals surface area contributed by atoms with Crippen molar-refractivity contribution >= 4 is 11.3 Å². The lowest BCUT2D eigenvalue weighted by Crippen LogP contribution is -2.43. The average molecular weight is 250 g/mol. The molecule has 1 aliphatic carbocycles. The smallest absolute Gasteiger partial charge is 0.0332 e. The molecule has 3 heteroatoms. The molecule has 1 aliphatic heterocycles. The zero-order chi connectivity index (χ0) is 11.5. The zero-order valence-electron chi connectivity index (χ0n) is 10.4. The van der Waals surface area contributed by atoms with Crippen LogP contribution in [0.15, 0.2) is 11.4 Å². The summed E-state index contributed by atoms with van der Waals surface area (Å²) in [6.07, 6.45) is 8.06. The number of nitrogens with one attached hydrogen (secondary N) is 2. The van der Waals surface area contributed by atoms with E-state index in [0.717, 1.165) is 6.54 Å². The predicted octanol–water partition coefficient (Wildman–Crippen LogP) is 2.86. The number of hydrogen-bond acceptors (Lipinski definition) is 3. The highest BCUT2D eigenvalue weighted by Gasteiger charge is 2.22. The molecule has 0 spiro atoms. The molecule has 1 fully saturated rings. The number of thiophene rings is 1. The molecule has 17 heavy (non-hydrogen) atoms. The van der Waals surface area contributed by atoms with Crippen LogP contribution in [0.5, 0.6) is 0 Å². The van der Waals surface area contributed by atoms with Crippen LogP contribution in [0.4, 0.5) is 0 Å². The van der Waals surface area contributed by atoms with Gasteiger partial charge in [0.2, 0.25) is 0 Å². The molecule has 0 aromatic carbocycles. The summed E-state index contributed by atoms with van der Waals surface area (Å²) in [6.45, 7) is 2.35. The number of aryl methyl sites for hydroxylation is 1. The van der Waals surface area contributed by atoms with E-state index in [1.54, 1.807) is 10.4 Å². The van der Waals surface area contributed by atoms with E-state index in [4.69, 9.17) is 0 Å². The second kappa shape index (κ2) is 5.51. The SMILES string of the molecule is c1cc2c(s1)CCCC2NCC1CCCCN1. The Morgan fingerprint density at radius 2 is 2.29 bits per heavy atom. The monoisotopic (exact) mass is 250 g/mol. The molecule has 2 atom stereocenters. The molecule has 0 saturated carbocycles. The first-order valence-corrected chi connectivity index (χ1v) is 7.84. The van der Waals surface area contributed by atoms with Crippen LogP contribution in [0.2, 0.25) is 0 Å². The maximum atomic E-state index is 3.78. The van der Waals surface area contributed by atoms with E-state index in [9.17, 15) is 0 Å². The van der Waals surface area contributed by atoms with Crippen LogP contribution in [0.3, 0.4) is 0 Å². The maximum absolute atomic E-state index is 3.78. The molecule has 2 nitrogen and oxygen atoms in total. The fraction of sp³-hybridized carbons (Fsp3) is 0.714. The molecule has 94 valence electrons. The highest BCUT2D eigenvalue weighted by molar-refractivity contribution is 7.10. The van der Waals surface area contributed by atoms with Crippen LogP contribution >= 0.6 is 11.3 Å². The number of piperidine rings is 1. The molecule has 2 heterocycles. The number of rotatable bonds is 3. The van der Waals surface area contributed by atoms with E-state index in [0.29, 0.717) is 12.1 Å². The third kappa shape index (κ3) is 2.72. The lowest BCUT2D eigenvalue weighted by molar-refractivity contribution is 0.355. The molecule has 2 unspecified atom stereocenters. The molecule has 0 bridgehead atoms.